The van der Waals surface area contributed by atoms with Gasteiger partial charge in [0.2, 0.25) is 6.79 Å². The van der Waals surface area contributed by atoms with Crippen molar-refractivity contribution in [2.45, 2.75) is 20.4 Å². The third kappa shape index (κ3) is 3.08. The summed E-state index contributed by atoms with van der Waals surface area (Å²) in [6.45, 7) is 5.91. The number of hydrogen-bond donors (Lipinski definition) is 1. The van der Waals surface area contributed by atoms with E-state index in [0.29, 0.717) is 5.75 Å². The fraction of sp³-hybridized carbons (Fsp3) is 0.312. The predicted molar refractivity (Wildman–Crippen MR) is 79.0 cm³/mol. The first-order valence-electron chi connectivity index (χ1n) is 7.00. The molecule has 0 radical (unpaired) electrons. The molecular weight excluding hydrogens is 268 g/mol. The molecule has 1 aromatic heterocycles. The molecule has 0 saturated heterocycles. The van der Waals surface area contributed by atoms with Crippen molar-refractivity contribution in [2.24, 2.45) is 0 Å². The van der Waals surface area contributed by atoms with E-state index in [0.717, 1.165) is 41.6 Å². The number of ether oxygens (including phenoxy) is 3. The summed E-state index contributed by atoms with van der Waals surface area (Å²) in [7, 11) is 0. The van der Waals surface area contributed by atoms with Crippen molar-refractivity contribution in [1.29, 1.82) is 0 Å². The zero-order valence-electron chi connectivity index (χ0n) is 12.2. The van der Waals surface area contributed by atoms with Gasteiger partial charge in [0.05, 0.1) is 0 Å². The Labute approximate surface area is 123 Å². The number of pyridine rings is 1. The lowest BCUT2D eigenvalue weighted by molar-refractivity contribution is 0.174. The van der Waals surface area contributed by atoms with Crippen molar-refractivity contribution in [3.63, 3.8) is 0 Å². The third-order valence-corrected chi connectivity index (χ3v) is 3.22. The van der Waals surface area contributed by atoms with Crippen LogP contribution < -0.4 is 19.5 Å². The molecule has 0 aliphatic carbocycles. The number of aryl methyl sites for hydroxylation is 1. The Kier molecular flexibility index (Phi) is 3.92. The molecule has 0 saturated carbocycles. The Hall–Kier alpha value is -2.27. The zero-order valence-corrected chi connectivity index (χ0v) is 12.2. The van der Waals surface area contributed by atoms with E-state index in [2.05, 4.69) is 17.2 Å². The Morgan fingerprint density at radius 3 is 2.95 bits per heavy atom. The number of nitrogens with one attached hydrogen (secondary N) is 1. The van der Waals surface area contributed by atoms with Crippen LogP contribution >= 0.6 is 0 Å². The average molecular weight is 286 g/mol. The predicted octanol–water partition coefficient (Wildman–Crippen LogP) is 3.02. The van der Waals surface area contributed by atoms with Crippen molar-refractivity contribution < 1.29 is 14.2 Å². The molecule has 0 bridgehead atoms. The van der Waals surface area contributed by atoms with Crippen molar-refractivity contribution in [3.05, 3.63) is 41.7 Å². The molecule has 21 heavy (non-hydrogen) atoms. The minimum Gasteiger partial charge on any atom is -0.457 e. The van der Waals surface area contributed by atoms with Gasteiger partial charge in [-0.1, -0.05) is 6.92 Å². The molecule has 1 aliphatic heterocycles. The number of nitrogens with zero attached hydrogens (tertiary/aromatic N) is 1. The molecule has 0 atom stereocenters. The van der Waals surface area contributed by atoms with Crippen molar-refractivity contribution in [2.75, 3.05) is 13.3 Å². The van der Waals surface area contributed by atoms with Crippen LogP contribution in [0.5, 0.6) is 23.0 Å². The lowest BCUT2D eigenvalue weighted by Crippen LogP contribution is -2.12. The Morgan fingerprint density at radius 1 is 1.24 bits per heavy atom. The Bertz CT molecular complexity index is 643. The highest BCUT2D eigenvalue weighted by Crippen LogP contribution is 2.37. The van der Waals surface area contributed by atoms with Crippen LogP contribution in [0.4, 0.5) is 0 Å². The molecule has 0 amide bonds. The minimum absolute atomic E-state index is 0.263. The molecular formula is C16H18N2O3. The van der Waals surface area contributed by atoms with Gasteiger partial charge in [0, 0.05) is 36.1 Å². The zero-order chi connectivity index (χ0) is 14.7. The Balaban J connectivity index is 1.84. The molecule has 5 nitrogen and oxygen atoms in total. The van der Waals surface area contributed by atoms with Gasteiger partial charge in [-0.15, -0.1) is 0 Å². The first-order chi connectivity index (χ1) is 10.3. The van der Waals surface area contributed by atoms with E-state index in [1.807, 2.05) is 37.4 Å². The quantitative estimate of drug-likeness (QED) is 0.915. The maximum Gasteiger partial charge on any atom is 0.231 e. The van der Waals surface area contributed by atoms with Gasteiger partial charge in [-0.05, 0) is 25.6 Å². The lowest BCUT2D eigenvalue weighted by Gasteiger charge is -2.12. The maximum absolute atomic E-state index is 6.00. The highest BCUT2D eigenvalue weighted by molar-refractivity contribution is 5.48. The van der Waals surface area contributed by atoms with Crippen LogP contribution in [0.15, 0.2) is 30.5 Å². The fourth-order valence-corrected chi connectivity index (χ4v) is 2.12. The van der Waals surface area contributed by atoms with E-state index in [-0.39, 0.29) is 6.79 Å². The largest absolute Gasteiger partial charge is 0.457 e. The van der Waals surface area contributed by atoms with Crippen molar-refractivity contribution in [3.8, 4) is 23.0 Å². The van der Waals surface area contributed by atoms with Crippen LogP contribution in [-0.2, 0) is 6.54 Å². The highest BCUT2D eigenvalue weighted by Gasteiger charge is 2.15. The smallest absolute Gasteiger partial charge is 0.231 e. The Morgan fingerprint density at radius 2 is 2.10 bits per heavy atom. The normalized spacial score (nSPS) is 12.5. The SMILES string of the molecule is CCNCc1cnc(C)cc1Oc1ccc2c(c1)OCO2. The van der Waals surface area contributed by atoms with E-state index in [4.69, 9.17) is 14.2 Å². The first-order valence-corrected chi connectivity index (χ1v) is 7.00. The number of rotatable bonds is 5. The lowest BCUT2D eigenvalue weighted by atomic mass is 10.2. The summed E-state index contributed by atoms with van der Waals surface area (Å²) >= 11 is 0. The van der Waals surface area contributed by atoms with Gasteiger partial charge >= 0.3 is 0 Å². The van der Waals surface area contributed by atoms with Crippen LogP contribution in [0, 0.1) is 6.92 Å². The van der Waals surface area contributed by atoms with Crippen LogP contribution in [0.1, 0.15) is 18.2 Å². The number of hydrogen-bond acceptors (Lipinski definition) is 5. The van der Waals surface area contributed by atoms with Gasteiger partial charge in [0.25, 0.3) is 0 Å². The van der Waals surface area contributed by atoms with Gasteiger partial charge in [0.15, 0.2) is 11.5 Å². The topological polar surface area (TPSA) is 52.6 Å². The second-order valence-electron chi connectivity index (χ2n) is 4.83. The molecule has 0 spiro atoms. The molecule has 1 N–H and O–H groups in total. The van der Waals surface area contributed by atoms with Gasteiger partial charge in [0.1, 0.15) is 11.5 Å². The second kappa shape index (κ2) is 6.01. The molecule has 0 unspecified atom stereocenters. The summed E-state index contributed by atoms with van der Waals surface area (Å²) in [4.78, 5) is 4.33. The van der Waals surface area contributed by atoms with Gasteiger partial charge in [-0.25, -0.2) is 0 Å². The highest BCUT2D eigenvalue weighted by atomic mass is 16.7. The molecule has 5 heteroatoms. The van der Waals surface area contributed by atoms with E-state index < -0.39 is 0 Å². The summed E-state index contributed by atoms with van der Waals surface area (Å²) in [6.07, 6.45) is 1.85. The molecule has 0 fully saturated rings. The van der Waals surface area contributed by atoms with Gasteiger partial charge in [-0.3, -0.25) is 4.98 Å². The molecule has 3 rings (SSSR count). The van der Waals surface area contributed by atoms with Crippen LogP contribution in [0.2, 0.25) is 0 Å². The molecule has 1 aliphatic rings. The fourth-order valence-electron chi connectivity index (χ4n) is 2.12. The number of benzene rings is 1. The average Bonchev–Trinajstić information content (AvgIpc) is 2.94. The van der Waals surface area contributed by atoms with E-state index >= 15 is 0 Å². The minimum atomic E-state index is 0.263. The van der Waals surface area contributed by atoms with E-state index in [1.165, 1.54) is 0 Å². The summed E-state index contributed by atoms with van der Waals surface area (Å²) in [5.41, 5.74) is 1.95. The summed E-state index contributed by atoms with van der Waals surface area (Å²) in [5.74, 6) is 3.00. The first kappa shape index (κ1) is 13.7. The summed E-state index contributed by atoms with van der Waals surface area (Å²) < 4.78 is 16.7. The molecule has 1 aromatic carbocycles. The van der Waals surface area contributed by atoms with Gasteiger partial charge < -0.3 is 19.5 Å². The molecule has 2 heterocycles. The van der Waals surface area contributed by atoms with Crippen molar-refractivity contribution in [1.82, 2.24) is 10.3 Å². The van der Waals surface area contributed by atoms with Crippen LogP contribution in [-0.4, -0.2) is 18.3 Å². The third-order valence-electron chi connectivity index (χ3n) is 3.22. The van der Waals surface area contributed by atoms with E-state index in [1.54, 1.807) is 0 Å². The second-order valence-corrected chi connectivity index (χ2v) is 4.83. The standard InChI is InChI=1S/C16H18N2O3/c1-3-17-8-12-9-18-11(2)6-15(12)21-13-4-5-14-16(7-13)20-10-19-14/h4-7,9,17H,3,8,10H2,1-2H3. The number of aromatic nitrogens is 1. The van der Waals surface area contributed by atoms with E-state index in [9.17, 15) is 0 Å². The molecule has 2 aromatic rings. The molecule has 110 valence electrons. The monoisotopic (exact) mass is 286 g/mol. The maximum atomic E-state index is 6.00. The summed E-state index contributed by atoms with van der Waals surface area (Å²) in [6, 6.07) is 7.52. The van der Waals surface area contributed by atoms with Gasteiger partial charge in [-0.2, -0.15) is 0 Å². The summed E-state index contributed by atoms with van der Waals surface area (Å²) in [5, 5.41) is 3.29. The number of fused-ring (bicyclic) bond motifs is 1. The van der Waals surface area contributed by atoms with Crippen molar-refractivity contribution >= 4 is 0 Å². The van der Waals surface area contributed by atoms with Crippen LogP contribution in [0.3, 0.4) is 0 Å². The van der Waals surface area contributed by atoms with Crippen LogP contribution in [0.25, 0.3) is 0 Å².